The molecule has 3 rings (SSSR count). The lowest BCUT2D eigenvalue weighted by atomic mass is 10.2. The van der Waals surface area contributed by atoms with E-state index in [2.05, 4.69) is 22.1 Å². The van der Waals surface area contributed by atoms with Gasteiger partial charge in [-0.15, -0.1) is 16.8 Å². The molecule has 1 N–H and O–H groups in total. The lowest BCUT2D eigenvalue weighted by Gasteiger charge is -2.12. The van der Waals surface area contributed by atoms with Crippen LogP contribution in [0.25, 0.3) is 0 Å². The summed E-state index contributed by atoms with van der Waals surface area (Å²) in [6, 6.07) is 12.7. The van der Waals surface area contributed by atoms with Gasteiger partial charge >= 0.3 is 0 Å². The maximum atomic E-state index is 12.9. The van der Waals surface area contributed by atoms with Gasteiger partial charge in [-0.2, -0.15) is 0 Å². The molecule has 30 heavy (non-hydrogen) atoms. The van der Waals surface area contributed by atoms with Crippen molar-refractivity contribution in [3.63, 3.8) is 0 Å². The Hall–Kier alpha value is -2.97. The van der Waals surface area contributed by atoms with Crippen LogP contribution in [0.3, 0.4) is 0 Å². The second kappa shape index (κ2) is 10.2. The summed E-state index contributed by atoms with van der Waals surface area (Å²) in [5, 5.41) is 12.4. The van der Waals surface area contributed by atoms with Crippen LogP contribution in [0.5, 0.6) is 11.5 Å². The number of rotatable bonds is 9. The van der Waals surface area contributed by atoms with Crippen LogP contribution < -0.4 is 20.3 Å². The zero-order chi connectivity index (χ0) is 21.5. The highest BCUT2D eigenvalue weighted by Crippen LogP contribution is 2.30. The number of hydrogen-bond acceptors (Lipinski definition) is 7. The Balaban J connectivity index is 1.82. The first-order valence-electron chi connectivity index (χ1n) is 9.00. The van der Waals surface area contributed by atoms with Crippen molar-refractivity contribution in [2.24, 2.45) is 0 Å². The van der Waals surface area contributed by atoms with Crippen LogP contribution in [0.15, 0.2) is 65.1 Å². The molecule has 0 saturated carbocycles. The predicted molar refractivity (Wildman–Crippen MR) is 120 cm³/mol. The Labute approximate surface area is 183 Å². The van der Waals surface area contributed by atoms with Gasteiger partial charge in [-0.1, -0.05) is 35.5 Å². The van der Waals surface area contributed by atoms with Gasteiger partial charge in [0.2, 0.25) is 5.82 Å². The molecule has 0 aliphatic rings. The molecule has 9 heteroatoms. The Morgan fingerprint density at radius 3 is 2.53 bits per heavy atom. The molecular weight excluding hydrogens is 424 g/mol. The van der Waals surface area contributed by atoms with Gasteiger partial charge in [0.05, 0.1) is 14.2 Å². The van der Waals surface area contributed by atoms with Crippen LogP contribution in [0, 0.1) is 0 Å². The highest BCUT2D eigenvalue weighted by atomic mass is 35.5. The number of nitrogens with one attached hydrogen (secondary N) is 1. The van der Waals surface area contributed by atoms with Gasteiger partial charge < -0.3 is 14.8 Å². The quantitative estimate of drug-likeness (QED) is 0.383. The summed E-state index contributed by atoms with van der Waals surface area (Å²) < 4.78 is 12.1. The molecule has 0 spiro atoms. The number of nitrogens with zero attached hydrogens (tertiary/aromatic N) is 3. The standard InChI is InChI=1S/C21H21ClN4O3S/c1-4-11-26-20(27)19(23-16-8-6-15(22)7-9-16)24-25-21(26)30-13-14-5-10-17(28-2)18(12-14)29-3/h4-10,12H,1,11,13H2,2-3H3,(H,23,24). The van der Waals surface area contributed by atoms with Gasteiger partial charge in [-0.05, 0) is 42.0 Å². The van der Waals surface area contributed by atoms with E-state index in [0.717, 1.165) is 5.56 Å². The molecule has 0 aliphatic heterocycles. The van der Waals surface area contributed by atoms with Crippen LogP contribution >= 0.6 is 23.4 Å². The molecule has 3 aromatic rings. The summed E-state index contributed by atoms with van der Waals surface area (Å²) in [5.74, 6) is 2.02. The minimum atomic E-state index is -0.283. The molecule has 0 atom stereocenters. The zero-order valence-corrected chi connectivity index (χ0v) is 18.2. The van der Waals surface area contributed by atoms with Gasteiger partial charge in [0.15, 0.2) is 16.7 Å². The van der Waals surface area contributed by atoms with E-state index in [-0.39, 0.29) is 11.4 Å². The smallest absolute Gasteiger partial charge is 0.297 e. The second-order valence-electron chi connectivity index (χ2n) is 6.15. The summed E-state index contributed by atoms with van der Waals surface area (Å²) in [7, 11) is 3.18. The molecular formula is C21H21ClN4O3S. The van der Waals surface area contributed by atoms with Crippen molar-refractivity contribution >= 4 is 34.9 Å². The summed E-state index contributed by atoms with van der Waals surface area (Å²) in [4.78, 5) is 12.9. The topological polar surface area (TPSA) is 78.3 Å². The maximum absolute atomic E-state index is 12.9. The van der Waals surface area contributed by atoms with E-state index in [0.29, 0.717) is 39.7 Å². The van der Waals surface area contributed by atoms with Crippen molar-refractivity contribution < 1.29 is 9.47 Å². The van der Waals surface area contributed by atoms with Crippen molar-refractivity contribution in [2.75, 3.05) is 19.5 Å². The normalized spacial score (nSPS) is 10.5. The number of ether oxygens (including phenoxy) is 2. The number of benzene rings is 2. The third-order valence-corrected chi connectivity index (χ3v) is 5.44. The van der Waals surface area contributed by atoms with Gasteiger partial charge in [-0.25, -0.2) is 0 Å². The number of thioether (sulfide) groups is 1. The van der Waals surface area contributed by atoms with Crippen molar-refractivity contribution in [3.05, 3.63) is 76.1 Å². The van der Waals surface area contributed by atoms with E-state index in [9.17, 15) is 4.79 Å². The number of halogens is 1. The van der Waals surface area contributed by atoms with Crippen LogP contribution in [-0.2, 0) is 12.3 Å². The number of anilines is 2. The number of aromatic nitrogens is 3. The molecule has 2 aromatic carbocycles. The van der Waals surface area contributed by atoms with Gasteiger partial charge in [-0.3, -0.25) is 9.36 Å². The number of hydrogen-bond donors (Lipinski definition) is 1. The largest absolute Gasteiger partial charge is 0.493 e. The molecule has 0 amide bonds. The molecule has 156 valence electrons. The fourth-order valence-electron chi connectivity index (χ4n) is 2.67. The molecule has 7 nitrogen and oxygen atoms in total. The summed E-state index contributed by atoms with van der Waals surface area (Å²) >= 11 is 7.31. The van der Waals surface area contributed by atoms with E-state index in [1.807, 2.05) is 18.2 Å². The summed E-state index contributed by atoms with van der Waals surface area (Å²) in [6.07, 6.45) is 1.65. The third-order valence-electron chi connectivity index (χ3n) is 4.15. The van der Waals surface area contributed by atoms with Gasteiger partial charge in [0, 0.05) is 23.0 Å². The molecule has 0 bridgehead atoms. The van der Waals surface area contributed by atoms with Crippen molar-refractivity contribution in [1.29, 1.82) is 0 Å². The minimum Gasteiger partial charge on any atom is -0.493 e. The van der Waals surface area contributed by atoms with Crippen LogP contribution in [-0.4, -0.2) is 29.0 Å². The third kappa shape index (κ3) is 5.14. The Bertz CT molecular complexity index is 1090. The maximum Gasteiger partial charge on any atom is 0.297 e. The Kier molecular flexibility index (Phi) is 7.37. The van der Waals surface area contributed by atoms with E-state index in [1.54, 1.807) is 44.6 Å². The highest BCUT2D eigenvalue weighted by Gasteiger charge is 2.13. The molecule has 0 fully saturated rings. The molecule has 1 heterocycles. The lowest BCUT2D eigenvalue weighted by molar-refractivity contribution is 0.354. The average molecular weight is 445 g/mol. The summed E-state index contributed by atoms with van der Waals surface area (Å²) in [5.41, 5.74) is 1.41. The van der Waals surface area contributed by atoms with Crippen molar-refractivity contribution in [3.8, 4) is 11.5 Å². The molecule has 0 aliphatic carbocycles. The first-order valence-corrected chi connectivity index (χ1v) is 10.4. The average Bonchev–Trinajstić information content (AvgIpc) is 2.77. The molecule has 0 unspecified atom stereocenters. The second-order valence-corrected chi connectivity index (χ2v) is 7.52. The van der Waals surface area contributed by atoms with Crippen LogP contribution in [0.2, 0.25) is 5.02 Å². The number of methoxy groups -OCH3 is 2. The van der Waals surface area contributed by atoms with E-state index in [1.165, 1.54) is 16.3 Å². The number of allylic oxidation sites excluding steroid dienone is 1. The Morgan fingerprint density at radius 2 is 1.87 bits per heavy atom. The molecule has 0 radical (unpaired) electrons. The molecule has 0 saturated heterocycles. The fraction of sp³-hybridized carbons (Fsp3) is 0.190. The minimum absolute atomic E-state index is 0.134. The Morgan fingerprint density at radius 1 is 1.13 bits per heavy atom. The van der Waals surface area contributed by atoms with Crippen LogP contribution in [0.1, 0.15) is 5.56 Å². The van der Waals surface area contributed by atoms with Gasteiger partial charge in [0.25, 0.3) is 5.56 Å². The predicted octanol–water partition coefficient (Wildman–Crippen LogP) is 4.53. The van der Waals surface area contributed by atoms with Crippen molar-refractivity contribution in [1.82, 2.24) is 14.8 Å². The summed E-state index contributed by atoms with van der Waals surface area (Å²) in [6.45, 7) is 4.06. The first-order chi connectivity index (χ1) is 14.5. The first kappa shape index (κ1) is 21.7. The highest BCUT2D eigenvalue weighted by molar-refractivity contribution is 7.98. The van der Waals surface area contributed by atoms with Crippen LogP contribution in [0.4, 0.5) is 11.5 Å². The van der Waals surface area contributed by atoms with E-state index < -0.39 is 0 Å². The SMILES string of the molecule is C=CCn1c(SCc2ccc(OC)c(OC)c2)nnc(Nc2ccc(Cl)cc2)c1=O. The van der Waals surface area contributed by atoms with Gasteiger partial charge in [0.1, 0.15) is 0 Å². The fourth-order valence-corrected chi connectivity index (χ4v) is 3.68. The van der Waals surface area contributed by atoms with E-state index in [4.69, 9.17) is 21.1 Å². The zero-order valence-electron chi connectivity index (χ0n) is 16.6. The molecule has 1 aromatic heterocycles. The van der Waals surface area contributed by atoms with E-state index >= 15 is 0 Å². The van der Waals surface area contributed by atoms with Crippen molar-refractivity contribution in [2.45, 2.75) is 17.5 Å². The monoisotopic (exact) mass is 444 g/mol. The lowest BCUT2D eigenvalue weighted by Crippen LogP contribution is -2.26.